The highest BCUT2D eigenvalue weighted by molar-refractivity contribution is 5.65. The summed E-state index contributed by atoms with van der Waals surface area (Å²) in [4.78, 5) is 10.7. The Morgan fingerprint density at radius 3 is 2.47 bits per heavy atom. The zero-order valence-electron chi connectivity index (χ0n) is 11.2. The molecule has 1 aliphatic rings. The highest BCUT2D eigenvalue weighted by Gasteiger charge is 2.57. The van der Waals surface area contributed by atoms with E-state index in [1.807, 2.05) is 20.8 Å². The van der Waals surface area contributed by atoms with Crippen LogP contribution in [-0.4, -0.2) is 34.5 Å². The largest absolute Gasteiger partial charge is 0.466 e. The van der Waals surface area contributed by atoms with Crippen LogP contribution in [-0.2, 0) is 9.53 Å². The molecule has 0 spiro atoms. The van der Waals surface area contributed by atoms with Crippen LogP contribution in [0.2, 0.25) is 0 Å². The van der Waals surface area contributed by atoms with E-state index >= 15 is 0 Å². The van der Waals surface area contributed by atoms with Gasteiger partial charge in [0.15, 0.2) is 0 Å². The third kappa shape index (κ3) is 2.47. The Bertz CT molecular complexity index is 287. The molecule has 0 radical (unpaired) electrons. The van der Waals surface area contributed by atoms with E-state index in [-0.39, 0.29) is 17.3 Å². The number of ether oxygens (including phenoxy) is 1. The number of rotatable bonds is 4. The standard InChI is InChI=1S/C13H24O4/c1-5-13(16)11(15)8-10(12(13,3)4)6-7-17-9(2)14/h10-11,15-16H,5-8H2,1-4H3/t10-,11-,13-/m0/s1. The fourth-order valence-corrected chi connectivity index (χ4v) is 3.06. The summed E-state index contributed by atoms with van der Waals surface area (Å²) in [6, 6.07) is 0. The van der Waals surface area contributed by atoms with Gasteiger partial charge in [-0.15, -0.1) is 0 Å². The third-order valence-electron chi connectivity index (χ3n) is 4.51. The number of aliphatic hydroxyl groups excluding tert-OH is 1. The first-order valence-electron chi connectivity index (χ1n) is 6.29. The molecule has 3 atom stereocenters. The van der Waals surface area contributed by atoms with Gasteiger partial charge in [-0.05, 0) is 30.6 Å². The van der Waals surface area contributed by atoms with Crippen molar-refractivity contribution in [3.8, 4) is 0 Å². The first-order valence-corrected chi connectivity index (χ1v) is 6.29. The number of hydrogen-bond donors (Lipinski definition) is 2. The normalized spacial score (nSPS) is 35.9. The molecule has 0 bridgehead atoms. The summed E-state index contributed by atoms with van der Waals surface area (Å²) in [6.45, 7) is 7.59. The molecule has 0 aromatic rings. The summed E-state index contributed by atoms with van der Waals surface area (Å²) < 4.78 is 4.93. The van der Waals surface area contributed by atoms with Gasteiger partial charge in [0, 0.05) is 6.92 Å². The van der Waals surface area contributed by atoms with Gasteiger partial charge in [0.2, 0.25) is 0 Å². The van der Waals surface area contributed by atoms with Crippen molar-refractivity contribution >= 4 is 5.97 Å². The lowest BCUT2D eigenvalue weighted by molar-refractivity contribution is -0.142. The fraction of sp³-hybridized carbons (Fsp3) is 0.923. The lowest BCUT2D eigenvalue weighted by atomic mass is 9.70. The summed E-state index contributed by atoms with van der Waals surface area (Å²) in [7, 11) is 0. The van der Waals surface area contributed by atoms with Gasteiger partial charge in [0.25, 0.3) is 0 Å². The average molecular weight is 244 g/mol. The molecule has 0 saturated heterocycles. The minimum absolute atomic E-state index is 0.168. The number of aliphatic hydroxyl groups is 2. The van der Waals surface area contributed by atoms with Gasteiger partial charge in [0.05, 0.1) is 18.3 Å². The molecule has 17 heavy (non-hydrogen) atoms. The number of esters is 1. The van der Waals surface area contributed by atoms with E-state index in [4.69, 9.17) is 4.74 Å². The maximum atomic E-state index is 10.7. The van der Waals surface area contributed by atoms with Gasteiger partial charge >= 0.3 is 5.97 Å². The van der Waals surface area contributed by atoms with E-state index in [9.17, 15) is 15.0 Å². The van der Waals surface area contributed by atoms with Crippen molar-refractivity contribution < 1.29 is 19.7 Å². The molecule has 0 aromatic heterocycles. The lowest BCUT2D eigenvalue weighted by Crippen LogP contribution is -2.48. The van der Waals surface area contributed by atoms with E-state index in [0.717, 1.165) is 0 Å². The molecule has 0 amide bonds. The minimum Gasteiger partial charge on any atom is -0.466 e. The minimum atomic E-state index is -1.03. The summed E-state index contributed by atoms with van der Waals surface area (Å²) >= 11 is 0. The zero-order valence-corrected chi connectivity index (χ0v) is 11.2. The summed E-state index contributed by atoms with van der Waals surface area (Å²) in [5.74, 6) is -0.117. The second-order valence-corrected chi connectivity index (χ2v) is 5.58. The molecule has 100 valence electrons. The van der Waals surface area contributed by atoms with Crippen molar-refractivity contribution in [3.63, 3.8) is 0 Å². The molecule has 4 nitrogen and oxygen atoms in total. The van der Waals surface area contributed by atoms with Crippen LogP contribution in [0.3, 0.4) is 0 Å². The van der Waals surface area contributed by atoms with E-state index in [1.165, 1.54) is 6.92 Å². The molecule has 1 fully saturated rings. The molecule has 0 aromatic carbocycles. The molecule has 1 aliphatic carbocycles. The Labute approximate surface area is 103 Å². The lowest BCUT2D eigenvalue weighted by Gasteiger charge is -2.40. The quantitative estimate of drug-likeness (QED) is 0.735. The van der Waals surface area contributed by atoms with Crippen LogP contribution >= 0.6 is 0 Å². The smallest absolute Gasteiger partial charge is 0.302 e. The summed E-state index contributed by atoms with van der Waals surface area (Å²) in [5, 5.41) is 20.5. The molecule has 0 aliphatic heterocycles. The van der Waals surface area contributed by atoms with E-state index in [1.54, 1.807) is 0 Å². The first kappa shape index (κ1) is 14.5. The van der Waals surface area contributed by atoms with Crippen molar-refractivity contribution in [1.82, 2.24) is 0 Å². The van der Waals surface area contributed by atoms with Crippen LogP contribution in [0.4, 0.5) is 0 Å². The maximum Gasteiger partial charge on any atom is 0.302 e. The fourth-order valence-electron chi connectivity index (χ4n) is 3.06. The van der Waals surface area contributed by atoms with Crippen molar-refractivity contribution in [2.75, 3.05) is 6.61 Å². The van der Waals surface area contributed by atoms with Gasteiger partial charge in [-0.25, -0.2) is 0 Å². The monoisotopic (exact) mass is 244 g/mol. The molecular formula is C13H24O4. The number of carbonyl (C=O) groups excluding carboxylic acids is 1. The molecular weight excluding hydrogens is 220 g/mol. The highest BCUT2D eigenvalue weighted by Crippen LogP contribution is 2.53. The maximum absolute atomic E-state index is 10.7. The Balaban J connectivity index is 2.67. The van der Waals surface area contributed by atoms with Crippen LogP contribution in [0.1, 0.15) is 47.0 Å². The Morgan fingerprint density at radius 1 is 1.47 bits per heavy atom. The Hall–Kier alpha value is -0.610. The Kier molecular flexibility index (Phi) is 4.20. The van der Waals surface area contributed by atoms with Crippen LogP contribution in [0.5, 0.6) is 0 Å². The SMILES string of the molecule is CC[C@]1(O)[C@@H](O)C[C@H](CCOC(C)=O)C1(C)C. The first-order chi connectivity index (χ1) is 7.75. The summed E-state index contributed by atoms with van der Waals surface area (Å²) in [5.41, 5.74) is -1.39. The van der Waals surface area contributed by atoms with Crippen molar-refractivity contribution in [1.29, 1.82) is 0 Å². The van der Waals surface area contributed by atoms with E-state index in [0.29, 0.717) is 25.9 Å². The van der Waals surface area contributed by atoms with Gasteiger partial charge in [0.1, 0.15) is 0 Å². The topological polar surface area (TPSA) is 66.8 Å². The second kappa shape index (κ2) is 4.94. The van der Waals surface area contributed by atoms with Gasteiger partial charge in [-0.3, -0.25) is 4.79 Å². The predicted molar refractivity (Wildman–Crippen MR) is 64.4 cm³/mol. The highest BCUT2D eigenvalue weighted by atomic mass is 16.5. The van der Waals surface area contributed by atoms with Gasteiger partial charge in [-0.1, -0.05) is 20.8 Å². The van der Waals surface area contributed by atoms with Gasteiger partial charge < -0.3 is 14.9 Å². The van der Waals surface area contributed by atoms with Crippen LogP contribution in [0.15, 0.2) is 0 Å². The molecule has 4 heteroatoms. The third-order valence-corrected chi connectivity index (χ3v) is 4.51. The number of carbonyl (C=O) groups is 1. The predicted octanol–water partition coefficient (Wildman–Crippen LogP) is 1.49. The van der Waals surface area contributed by atoms with Crippen LogP contribution in [0, 0.1) is 11.3 Å². The second-order valence-electron chi connectivity index (χ2n) is 5.58. The number of hydrogen-bond acceptors (Lipinski definition) is 4. The van der Waals surface area contributed by atoms with E-state index < -0.39 is 11.7 Å². The zero-order chi connectivity index (χ0) is 13.3. The molecule has 1 rings (SSSR count). The van der Waals surface area contributed by atoms with Crippen molar-refractivity contribution in [2.45, 2.75) is 58.7 Å². The Morgan fingerprint density at radius 2 is 2.06 bits per heavy atom. The van der Waals surface area contributed by atoms with Crippen molar-refractivity contribution in [2.24, 2.45) is 11.3 Å². The summed E-state index contributed by atoms with van der Waals surface area (Å²) in [6.07, 6.45) is 1.10. The molecule has 0 heterocycles. The van der Waals surface area contributed by atoms with E-state index in [2.05, 4.69) is 0 Å². The van der Waals surface area contributed by atoms with Gasteiger partial charge in [-0.2, -0.15) is 0 Å². The van der Waals surface area contributed by atoms with Crippen molar-refractivity contribution in [3.05, 3.63) is 0 Å². The van der Waals surface area contributed by atoms with Crippen LogP contribution < -0.4 is 0 Å². The molecule has 0 unspecified atom stereocenters. The average Bonchev–Trinajstić information content (AvgIpc) is 2.40. The van der Waals surface area contributed by atoms with Crippen LogP contribution in [0.25, 0.3) is 0 Å². The molecule has 1 saturated carbocycles. The molecule has 2 N–H and O–H groups in total.